The Bertz CT molecular complexity index is 624. The van der Waals surface area contributed by atoms with Crippen LogP contribution in [0, 0.1) is 12.7 Å². The summed E-state index contributed by atoms with van der Waals surface area (Å²) >= 11 is 6.72. The fraction of sp³-hybridized carbons (Fsp3) is 0.154. The SMILES string of the molecule is Cc1cc(OCc2ccc(Cl)c(F)c2)c(C(=O)O)s1. The molecule has 0 atom stereocenters. The van der Waals surface area contributed by atoms with Gasteiger partial charge in [-0.15, -0.1) is 11.3 Å². The Morgan fingerprint density at radius 2 is 2.21 bits per heavy atom. The maximum atomic E-state index is 13.2. The molecule has 1 heterocycles. The second kappa shape index (κ2) is 5.59. The number of carbonyl (C=O) groups is 1. The number of carboxylic acid groups (broad SMARTS) is 1. The highest BCUT2D eigenvalue weighted by Gasteiger charge is 2.15. The van der Waals surface area contributed by atoms with Gasteiger partial charge in [0.05, 0.1) is 5.02 Å². The number of aromatic carboxylic acids is 1. The van der Waals surface area contributed by atoms with Crippen LogP contribution >= 0.6 is 22.9 Å². The summed E-state index contributed by atoms with van der Waals surface area (Å²) in [5.74, 6) is -1.26. The quantitative estimate of drug-likeness (QED) is 0.923. The van der Waals surface area contributed by atoms with Crippen LogP contribution in [0.15, 0.2) is 24.3 Å². The van der Waals surface area contributed by atoms with Gasteiger partial charge in [-0.1, -0.05) is 17.7 Å². The van der Waals surface area contributed by atoms with Gasteiger partial charge in [0.2, 0.25) is 0 Å². The number of hydrogen-bond donors (Lipinski definition) is 1. The molecule has 2 aromatic rings. The summed E-state index contributed by atoms with van der Waals surface area (Å²) in [7, 11) is 0. The van der Waals surface area contributed by atoms with Gasteiger partial charge in [-0.2, -0.15) is 0 Å². The fourth-order valence-electron chi connectivity index (χ4n) is 1.54. The van der Waals surface area contributed by atoms with E-state index in [9.17, 15) is 9.18 Å². The molecule has 1 aromatic heterocycles. The first kappa shape index (κ1) is 13.8. The van der Waals surface area contributed by atoms with Crippen LogP contribution in [0.2, 0.25) is 5.02 Å². The second-order valence-corrected chi connectivity index (χ2v) is 5.56. The molecule has 0 saturated heterocycles. The van der Waals surface area contributed by atoms with Crippen molar-refractivity contribution in [3.8, 4) is 5.75 Å². The Morgan fingerprint density at radius 3 is 2.84 bits per heavy atom. The second-order valence-electron chi connectivity index (χ2n) is 3.89. The van der Waals surface area contributed by atoms with Crippen LogP contribution in [-0.4, -0.2) is 11.1 Å². The van der Waals surface area contributed by atoms with E-state index in [4.69, 9.17) is 21.4 Å². The van der Waals surface area contributed by atoms with Crippen molar-refractivity contribution in [2.24, 2.45) is 0 Å². The minimum Gasteiger partial charge on any atom is -0.487 e. The fourth-order valence-corrected chi connectivity index (χ4v) is 2.45. The maximum Gasteiger partial charge on any atom is 0.349 e. The van der Waals surface area contributed by atoms with Crippen molar-refractivity contribution in [2.75, 3.05) is 0 Å². The largest absolute Gasteiger partial charge is 0.487 e. The number of rotatable bonds is 4. The summed E-state index contributed by atoms with van der Waals surface area (Å²) in [5, 5.41) is 9.05. The Balaban J connectivity index is 2.14. The molecule has 0 aliphatic rings. The molecule has 0 spiro atoms. The standard InChI is InChI=1S/C13H10ClFO3S/c1-7-4-11(12(19-7)13(16)17)18-6-8-2-3-9(14)10(15)5-8/h2-5H,6H2,1H3,(H,16,17). The lowest BCUT2D eigenvalue weighted by molar-refractivity contribution is 0.0697. The van der Waals surface area contributed by atoms with Gasteiger partial charge >= 0.3 is 5.97 Å². The number of benzene rings is 1. The van der Waals surface area contributed by atoms with Crippen molar-refractivity contribution in [3.63, 3.8) is 0 Å². The van der Waals surface area contributed by atoms with Gasteiger partial charge in [0.25, 0.3) is 0 Å². The highest BCUT2D eigenvalue weighted by molar-refractivity contribution is 7.14. The maximum absolute atomic E-state index is 13.2. The average Bonchev–Trinajstić information content (AvgIpc) is 2.72. The molecular formula is C13H10ClFO3S. The van der Waals surface area contributed by atoms with Crippen LogP contribution < -0.4 is 4.74 Å². The Hall–Kier alpha value is -1.59. The third kappa shape index (κ3) is 3.24. The highest BCUT2D eigenvalue weighted by Crippen LogP contribution is 2.29. The van der Waals surface area contributed by atoms with Gasteiger partial charge < -0.3 is 9.84 Å². The lowest BCUT2D eigenvalue weighted by Crippen LogP contribution is -2.00. The van der Waals surface area contributed by atoms with E-state index in [-0.39, 0.29) is 16.5 Å². The van der Waals surface area contributed by atoms with Crippen LogP contribution in [0.25, 0.3) is 0 Å². The smallest absolute Gasteiger partial charge is 0.349 e. The summed E-state index contributed by atoms with van der Waals surface area (Å²) in [6.45, 7) is 1.89. The van der Waals surface area contributed by atoms with E-state index in [1.807, 2.05) is 0 Å². The van der Waals surface area contributed by atoms with Gasteiger partial charge in [-0.3, -0.25) is 0 Å². The van der Waals surface area contributed by atoms with Crippen LogP contribution in [0.1, 0.15) is 20.1 Å². The van der Waals surface area contributed by atoms with Crippen molar-refractivity contribution in [1.82, 2.24) is 0 Å². The van der Waals surface area contributed by atoms with Crippen molar-refractivity contribution < 1.29 is 19.0 Å². The molecule has 1 aromatic carbocycles. The first-order chi connectivity index (χ1) is 8.97. The number of carboxylic acids is 1. The molecular weight excluding hydrogens is 291 g/mol. The molecule has 0 amide bonds. The van der Waals surface area contributed by atoms with Crippen LogP contribution in [0.5, 0.6) is 5.75 Å². The van der Waals surface area contributed by atoms with E-state index in [1.165, 1.54) is 12.1 Å². The zero-order valence-corrected chi connectivity index (χ0v) is 11.5. The van der Waals surface area contributed by atoms with E-state index >= 15 is 0 Å². The number of halogens is 2. The Kier molecular flexibility index (Phi) is 4.07. The van der Waals surface area contributed by atoms with Crippen LogP contribution in [0.4, 0.5) is 4.39 Å². The zero-order chi connectivity index (χ0) is 14.0. The van der Waals surface area contributed by atoms with Gasteiger partial charge in [0.15, 0.2) is 4.88 Å². The summed E-state index contributed by atoms with van der Waals surface area (Å²) < 4.78 is 18.7. The van der Waals surface area contributed by atoms with Crippen molar-refractivity contribution >= 4 is 28.9 Å². The molecule has 0 radical (unpaired) electrons. The third-order valence-corrected chi connectivity index (χ3v) is 3.72. The van der Waals surface area contributed by atoms with Gasteiger partial charge in [-0.25, -0.2) is 9.18 Å². The molecule has 2 rings (SSSR count). The lowest BCUT2D eigenvalue weighted by Gasteiger charge is -2.06. The van der Waals surface area contributed by atoms with E-state index in [0.29, 0.717) is 11.3 Å². The van der Waals surface area contributed by atoms with Gasteiger partial charge in [-0.05, 0) is 30.7 Å². The summed E-state index contributed by atoms with van der Waals surface area (Å²) in [6, 6.07) is 5.99. The first-order valence-corrected chi connectivity index (χ1v) is 6.57. The number of thiophene rings is 1. The van der Waals surface area contributed by atoms with Crippen molar-refractivity contribution in [3.05, 3.63) is 50.4 Å². The third-order valence-electron chi connectivity index (χ3n) is 2.39. The molecule has 0 aliphatic heterocycles. The van der Waals surface area contributed by atoms with E-state index in [2.05, 4.69) is 0 Å². The molecule has 0 unspecified atom stereocenters. The molecule has 0 bridgehead atoms. The Labute approximate surface area is 118 Å². The average molecular weight is 301 g/mol. The molecule has 100 valence electrons. The molecule has 1 N–H and O–H groups in total. The summed E-state index contributed by atoms with van der Waals surface area (Å²) in [6.07, 6.45) is 0. The van der Waals surface area contributed by atoms with E-state index in [0.717, 1.165) is 16.2 Å². The molecule has 0 saturated carbocycles. The van der Waals surface area contributed by atoms with Crippen molar-refractivity contribution in [1.29, 1.82) is 0 Å². The Morgan fingerprint density at radius 1 is 1.47 bits per heavy atom. The predicted molar refractivity (Wildman–Crippen MR) is 71.8 cm³/mol. The normalized spacial score (nSPS) is 10.5. The van der Waals surface area contributed by atoms with Gasteiger partial charge in [0, 0.05) is 4.88 Å². The van der Waals surface area contributed by atoms with E-state index < -0.39 is 11.8 Å². The molecule has 19 heavy (non-hydrogen) atoms. The van der Waals surface area contributed by atoms with Crippen LogP contribution in [0.3, 0.4) is 0 Å². The minimum absolute atomic E-state index is 0.0429. The molecule has 0 aliphatic carbocycles. The van der Waals surface area contributed by atoms with Crippen molar-refractivity contribution in [2.45, 2.75) is 13.5 Å². The minimum atomic E-state index is -1.03. The molecule has 6 heteroatoms. The molecule has 3 nitrogen and oxygen atoms in total. The zero-order valence-electron chi connectivity index (χ0n) is 9.94. The highest BCUT2D eigenvalue weighted by atomic mass is 35.5. The topological polar surface area (TPSA) is 46.5 Å². The summed E-state index contributed by atoms with van der Waals surface area (Å²) in [5.41, 5.74) is 0.585. The number of aryl methyl sites for hydroxylation is 1. The van der Waals surface area contributed by atoms with Crippen LogP contribution in [-0.2, 0) is 6.61 Å². The van der Waals surface area contributed by atoms with E-state index in [1.54, 1.807) is 19.1 Å². The first-order valence-electron chi connectivity index (χ1n) is 5.38. The monoisotopic (exact) mass is 300 g/mol. The number of ether oxygens (including phenoxy) is 1. The number of hydrogen-bond acceptors (Lipinski definition) is 3. The summed E-state index contributed by atoms with van der Waals surface area (Å²) in [4.78, 5) is 12.0. The lowest BCUT2D eigenvalue weighted by atomic mass is 10.2. The van der Waals surface area contributed by atoms with Gasteiger partial charge in [0.1, 0.15) is 18.2 Å². The molecule has 0 fully saturated rings. The predicted octanol–water partition coefficient (Wildman–Crippen LogP) is 4.13.